The number of nitrogens with zero attached hydrogens (tertiary/aromatic N) is 1. The van der Waals surface area contributed by atoms with Crippen molar-refractivity contribution in [2.75, 3.05) is 0 Å². The number of hydrogen-bond donors (Lipinski definition) is 1. The van der Waals surface area contributed by atoms with Crippen LogP contribution in [0.5, 0.6) is 0 Å². The number of benzene rings is 1. The highest BCUT2D eigenvalue weighted by Gasteiger charge is 2.05. The number of aromatic nitrogens is 1. The summed E-state index contributed by atoms with van der Waals surface area (Å²) in [4.78, 5) is 4.43. The number of aryl methyl sites for hydroxylation is 1. The second-order valence-corrected chi connectivity index (χ2v) is 4.10. The Morgan fingerprint density at radius 1 is 1.25 bits per heavy atom. The molecule has 0 bridgehead atoms. The van der Waals surface area contributed by atoms with E-state index < -0.39 is 0 Å². The second-order valence-electron chi connectivity index (χ2n) is 3.66. The van der Waals surface area contributed by atoms with E-state index in [1.54, 1.807) is 0 Å². The van der Waals surface area contributed by atoms with Crippen LogP contribution in [0.4, 0.5) is 0 Å². The summed E-state index contributed by atoms with van der Waals surface area (Å²) in [5.41, 5.74) is 9.69. The van der Waals surface area contributed by atoms with E-state index in [2.05, 4.69) is 4.98 Å². The lowest BCUT2D eigenvalue weighted by molar-refractivity contribution is 0.973. The van der Waals surface area contributed by atoms with Gasteiger partial charge in [-0.25, -0.2) is 0 Å². The molecule has 0 saturated carbocycles. The molecular weight excluding hydrogens is 220 g/mol. The molecule has 0 fully saturated rings. The van der Waals surface area contributed by atoms with E-state index in [0.717, 1.165) is 27.5 Å². The van der Waals surface area contributed by atoms with Gasteiger partial charge in [-0.2, -0.15) is 0 Å². The third kappa shape index (κ3) is 2.23. The zero-order valence-electron chi connectivity index (χ0n) is 9.07. The van der Waals surface area contributed by atoms with Gasteiger partial charge in [0.2, 0.25) is 0 Å². The molecule has 2 rings (SSSR count). The molecule has 1 heterocycles. The smallest absolute Gasteiger partial charge is 0.0620 e. The van der Waals surface area contributed by atoms with Crippen LogP contribution in [-0.4, -0.2) is 4.98 Å². The van der Waals surface area contributed by atoms with Gasteiger partial charge in [-0.1, -0.05) is 29.8 Å². The highest BCUT2D eigenvalue weighted by molar-refractivity contribution is 6.30. The van der Waals surface area contributed by atoms with Gasteiger partial charge in [0.1, 0.15) is 0 Å². The average molecular weight is 233 g/mol. The number of nitrogens with two attached hydrogens (primary N) is 1. The van der Waals surface area contributed by atoms with E-state index in [1.807, 2.05) is 43.3 Å². The third-order valence-electron chi connectivity index (χ3n) is 2.44. The predicted molar refractivity (Wildman–Crippen MR) is 67.3 cm³/mol. The lowest BCUT2D eigenvalue weighted by Gasteiger charge is -2.08. The van der Waals surface area contributed by atoms with Crippen LogP contribution in [0.25, 0.3) is 11.1 Å². The third-order valence-corrected chi connectivity index (χ3v) is 2.68. The molecule has 2 aromatic rings. The first-order valence-corrected chi connectivity index (χ1v) is 5.51. The molecule has 1 aromatic carbocycles. The van der Waals surface area contributed by atoms with Gasteiger partial charge in [-0.05, 0) is 30.7 Å². The fraction of sp³-hybridized carbons (Fsp3) is 0.154. The normalized spacial score (nSPS) is 10.4. The van der Waals surface area contributed by atoms with Crippen molar-refractivity contribution < 1.29 is 0 Å². The van der Waals surface area contributed by atoms with E-state index >= 15 is 0 Å². The maximum Gasteiger partial charge on any atom is 0.0620 e. The summed E-state index contributed by atoms with van der Waals surface area (Å²) in [5, 5.41) is 0.723. The van der Waals surface area contributed by atoms with Crippen LogP contribution in [0, 0.1) is 6.92 Å². The maximum atomic E-state index is 5.97. The topological polar surface area (TPSA) is 38.9 Å². The van der Waals surface area contributed by atoms with Gasteiger partial charge < -0.3 is 5.73 Å². The minimum Gasteiger partial charge on any atom is -0.325 e. The van der Waals surface area contributed by atoms with Crippen LogP contribution in [0.1, 0.15) is 11.4 Å². The van der Waals surface area contributed by atoms with Gasteiger partial charge in [-0.3, -0.25) is 4.98 Å². The Bertz CT molecular complexity index is 509. The van der Waals surface area contributed by atoms with Crippen LogP contribution in [0.3, 0.4) is 0 Å². The quantitative estimate of drug-likeness (QED) is 0.864. The van der Waals surface area contributed by atoms with E-state index in [1.165, 1.54) is 0 Å². The SMILES string of the molecule is Cc1ccc(-c2cccc(Cl)c2)c(CN)n1. The first kappa shape index (κ1) is 11.1. The van der Waals surface area contributed by atoms with Gasteiger partial charge in [-0.15, -0.1) is 0 Å². The van der Waals surface area contributed by atoms with E-state index in [4.69, 9.17) is 17.3 Å². The minimum absolute atomic E-state index is 0.434. The lowest BCUT2D eigenvalue weighted by atomic mass is 10.0. The highest BCUT2D eigenvalue weighted by atomic mass is 35.5. The van der Waals surface area contributed by atoms with E-state index in [0.29, 0.717) is 6.54 Å². The number of pyridine rings is 1. The molecule has 0 unspecified atom stereocenters. The molecule has 2 N–H and O–H groups in total. The van der Waals surface area contributed by atoms with Crippen LogP contribution in [0.2, 0.25) is 5.02 Å². The minimum atomic E-state index is 0.434. The second kappa shape index (κ2) is 4.64. The van der Waals surface area contributed by atoms with Crippen LogP contribution in [-0.2, 0) is 6.54 Å². The van der Waals surface area contributed by atoms with Gasteiger partial charge in [0.25, 0.3) is 0 Å². The average Bonchev–Trinajstić information content (AvgIpc) is 2.28. The molecule has 2 nitrogen and oxygen atoms in total. The number of hydrogen-bond acceptors (Lipinski definition) is 2. The van der Waals surface area contributed by atoms with Crippen molar-refractivity contribution in [3.63, 3.8) is 0 Å². The predicted octanol–water partition coefficient (Wildman–Crippen LogP) is 3.17. The van der Waals surface area contributed by atoms with Crippen molar-refractivity contribution in [1.82, 2.24) is 4.98 Å². The zero-order valence-corrected chi connectivity index (χ0v) is 9.83. The van der Waals surface area contributed by atoms with Gasteiger partial charge in [0.05, 0.1) is 5.69 Å². The van der Waals surface area contributed by atoms with Gasteiger partial charge in [0, 0.05) is 22.8 Å². The van der Waals surface area contributed by atoms with Crippen LogP contribution in [0.15, 0.2) is 36.4 Å². The molecule has 0 radical (unpaired) electrons. The largest absolute Gasteiger partial charge is 0.325 e. The summed E-state index contributed by atoms with van der Waals surface area (Å²) in [6.07, 6.45) is 0. The molecule has 0 amide bonds. The molecule has 1 aromatic heterocycles. The van der Waals surface area contributed by atoms with Crippen molar-refractivity contribution in [1.29, 1.82) is 0 Å². The molecule has 0 spiro atoms. The molecule has 0 atom stereocenters. The van der Waals surface area contributed by atoms with Gasteiger partial charge in [0.15, 0.2) is 0 Å². The van der Waals surface area contributed by atoms with Crippen molar-refractivity contribution in [3.05, 3.63) is 52.8 Å². The van der Waals surface area contributed by atoms with E-state index in [9.17, 15) is 0 Å². The molecule has 82 valence electrons. The zero-order chi connectivity index (χ0) is 11.5. The van der Waals surface area contributed by atoms with Gasteiger partial charge >= 0.3 is 0 Å². The fourth-order valence-corrected chi connectivity index (χ4v) is 1.88. The Labute approximate surface area is 100 Å². The summed E-state index contributed by atoms with van der Waals surface area (Å²) in [7, 11) is 0. The van der Waals surface area contributed by atoms with Crippen molar-refractivity contribution in [3.8, 4) is 11.1 Å². The summed E-state index contributed by atoms with van der Waals surface area (Å²) in [6, 6.07) is 11.7. The number of halogens is 1. The summed E-state index contributed by atoms with van der Waals surface area (Å²) >= 11 is 5.97. The van der Waals surface area contributed by atoms with E-state index in [-0.39, 0.29) is 0 Å². The Balaban J connectivity index is 2.55. The number of rotatable bonds is 2. The molecule has 0 aliphatic carbocycles. The molecule has 0 aliphatic heterocycles. The van der Waals surface area contributed by atoms with Crippen molar-refractivity contribution >= 4 is 11.6 Å². The Morgan fingerprint density at radius 3 is 2.75 bits per heavy atom. The molecule has 3 heteroatoms. The Hall–Kier alpha value is -1.38. The lowest BCUT2D eigenvalue weighted by Crippen LogP contribution is -2.03. The van der Waals surface area contributed by atoms with Crippen molar-refractivity contribution in [2.24, 2.45) is 5.73 Å². The maximum absolute atomic E-state index is 5.97. The monoisotopic (exact) mass is 232 g/mol. The van der Waals surface area contributed by atoms with Crippen LogP contribution < -0.4 is 5.73 Å². The standard InChI is InChI=1S/C13H13ClN2/c1-9-5-6-12(13(8-15)16-9)10-3-2-4-11(14)7-10/h2-7H,8,15H2,1H3. The highest BCUT2D eigenvalue weighted by Crippen LogP contribution is 2.25. The van der Waals surface area contributed by atoms with Crippen molar-refractivity contribution in [2.45, 2.75) is 13.5 Å². The first-order valence-electron chi connectivity index (χ1n) is 5.13. The Morgan fingerprint density at radius 2 is 2.06 bits per heavy atom. The summed E-state index contributed by atoms with van der Waals surface area (Å²) in [6.45, 7) is 2.39. The molecule has 16 heavy (non-hydrogen) atoms. The summed E-state index contributed by atoms with van der Waals surface area (Å²) in [5.74, 6) is 0. The summed E-state index contributed by atoms with van der Waals surface area (Å²) < 4.78 is 0. The fourth-order valence-electron chi connectivity index (χ4n) is 1.68. The first-order chi connectivity index (χ1) is 7.70. The Kier molecular flexibility index (Phi) is 3.22. The molecule has 0 saturated heterocycles. The molecular formula is C13H13ClN2. The van der Waals surface area contributed by atoms with Crippen LogP contribution >= 0.6 is 11.6 Å². The molecule has 0 aliphatic rings.